The molecular formula is C10H13FN2O. The number of methoxy groups -OCH3 is 1. The average molecular weight is 196 g/mol. The summed E-state index contributed by atoms with van der Waals surface area (Å²) < 4.78 is 18.4. The van der Waals surface area contributed by atoms with Gasteiger partial charge in [0.15, 0.2) is 0 Å². The first kappa shape index (κ1) is 9.40. The minimum atomic E-state index is -0.237. The molecule has 1 aromatic rings. The summed E-state index contributed by atoms with van der Waals surface area (Å²) in [6.07, 6.45) is 0.942. The van der Waals surface area contributed by atoms with E-state index in [-0.39, 0.29) is 11.7 Å². The van der Waals surface area contributed by atoms with E-state index in [0.29, 0.717) is 11.6 Å². The van der Waals surface area contributed by atoms with E-state index in [9.17, 15) is 4.39 Å². The molecule has 3 nitrogen and oxygen atoms in total. The van der Waals surface area contributed by atoms with Crippen LogP contribution in [0.25, 0.3) is 0 Å². The summed E-state index contributed by atoms with van der Waals surface area (Å²) in [5.41, 5.74) is 0.523. The lowest BCUT2D eigenvalue weighted by Gasteiger charge is -2.09. The Hall–Kier alpha value is -1.16. The van der Waals surface area contributed by atoms with Crippen molar-refractivity contribution in [3.8, 4) is 5.88 Å². The first-order valence-electron chi connectivity index (χ1n) is 4.72. The van der Waals surface area contributed by atoms with Crippen LogP contribution >= 0.6 is 0 Å². The molecule has 1 aliphatic rings. The zero-order valence-corrected chi connectivity index (χ0v) is 8.09. The maximum Gasteiger partial charge on any atom is 0.213 e. The van der Waals surface area contributed by atoms with Crippen molar-refractivity contribution in [1.29, 1.82) is 0 Å². The fourth-order valence-corrected chi connectivity index (χ4v) is 1.73. The van der Waals surface area contributed by atoms with E-state index in [1.165, 1.54) is 13.2 Å². The summed E-state index contributed by atoms with van der Waals surface area (Å²) in [6.45, 7) is 1.74. The van der Waals surface area contributed by atoms with Gasteiger partial charge in [-0.25, -0.2) is 9.37 Å². The molecular weight excluding hydrogens is 183 g/mol. The Morgan fingerprint density at radius 2 is 2.43 bits per heavy atom. The van der Waals surface area contributed by atoms with Gasteiger partial charge in [0, 0.05) is 18.5 Å². The van der Waals surface area contributed by atoms with Crippen LogP contribution in [0.15, 0.2) is 12.1 Å². The van der Waals surface area contributed by atoms with Crippen molar-refractivity contribution in [3.63, 3.8) is 0 Å². The highest BCUT2D eigenvalue weighted by Gasteiger charge is 2.21. The molecule has 1 aromatic heterocycles. The first-order valence-corrected chi connectivity index (χ1v) is 4.72. The molecule has 2 heterocycles. The third-order valence-electron chi connectivity index (χ3n) is 2.50. The highest BCUT2D eigenvalue weighted by molar-refractivity contribution is 5.21. The summed E-state index contributed by atoms with van der Waals surface area (Å²) in [7, 11) is 1.54. The normalized spacial score (nSPS) is 21.1. The van der Waals surface area contributed by atoms with Gasteiger partial charge in [-0.2, -0.15) is 0 Å². The van der Waals surface area contributed by atoms with Crippen LogP contribution in [0.3, 0.4) is 0 Å². The van der Waals surface area contributed by atoms with Gasteiger partial charge in [0.2, 0.25) is 5.88 Å². The van der Waals surface area contributed by atoms with Gasteiger partial charge in [-0.05, 0) is 19.0 Å². The molecule has 1 fully saturated rings. The molecule has 0 amide bonds. The van der Waals surface area contributed by atoms with E-state index in [1.807, 2.05) is 0 Å². The number of nitrogens with one attached hydrogen (secondary N) is 1. The smallest absolute Gasteiger partial charge is 0.213 e. The van der Waals surface area contributed by atoms with E-state index in [1.54, 1.807) is 6.07 Å². The van der Waals surface area contributed by atoms with Crippen LogP contribution in [0.2, 0.25) is 0 Å². The lowest BCUT2D eigenvalue weighted by Crippen LogP contribution is -2.10. The summed E-state index contributed by atoms with van der Waals surface area (Å²) in [5, 5.41) is 3.19. The SMILES string of the molecule is COc1ccc(F)c(C2CCNC2)n1. The summed E-state index contributed by atoms with van der Waals surface area (Å²) in [6, 6.07) is 2.96. The van der Waals surface area contributed by atoms with Crippen LogP contribution in [0, 0.1) is 5.82 Å². The van der Waals surface area contributed by atoms with Crippen LogP contribution in [-0.4, -0.2) is 25.2 Å². The molecule has 0 aliphatic carbocycles. The van der Waals surface area contributed by atoms with E-state index >= 15 is 0 Å². The molecule has 1 N–H and O–H groups in total. The molecule has 2 rings (SSSR count). The van der Waals surface area contributed by atoms with Gasteiger partial charge in [0.1, 0.15) is 5.82 Å². The highest BCUT2D eigenvalue weighted by atomic mass is 19.1. The molecule has 0 saturated carbocycles. The van der Waals surface area contributed by atoms with Gasteiger partial charge in [0.25, 0.3) is 0 Å². The molecule has 4 heteroatoms. The molecule has 0 aromatic carbocycles. The van der Waals surface area contributed by atoms with Crippen LogP contribution < -0.4 is 10.1 Å². The number of ether oxygens (including phenoxy) is 1. The van der Waals surface area contributed by atoms with Gasteiger partial charge in [-0.15, -0.1) is 0 Å². The number of rotatable bonds is 2. The molecule has 1 unspecified atom stereocenters. The number of aromatic nitrogens is 1. The van der Waals surface area contributed by atoms with Crippen molar-refractivity contribution >= 4 is 0 Å². The van der Waals surface area contributed by atoms with Crippen molar-refractivity contribution in [2.75, 3.05) is 20.2 Å². The maximum atomic E-state index is 13.4. The molecule has 1 atom stereocenters. The monoisotopic (exact) mass is 196 g/mol. The van der Waals surface area contributed by atoms with Crippen molar-refractivity contribution in [1.82, 2.24) is 10.3 Å². The predicted molar refractivity (Wildman–Crippen MR) is 51.0 cm³/mol. The molecule has 0 spiro atoms. The largest absolute Gasteiger partial charge is 0.481 e. The average Bonchev–Trinajstić information content (AvgIpc) is 2.71. The minimum absolute atomic E-state index is 0.185. The summed E-state index contributed by atoms with van der Waals surface area (Å²) in [5.74, 6) is 0.429. The quantitative estimate of drug-likeness (QED) is 0.774. The second kappa shape index (κ2) is 3.92. The standard InChI is InChI=1S/C10H13FN2O/c1-14-9-3-2-8(11)10(13-9)7-4-5-12-6-7/h2-3,7,12H,4-6H2,1H3. The predicted octanol–water partition coefficient (Wildman–Crippen LogP) is 1.31. The number of nitrogens with zero attached hydrogens (tertiary/aromatic N) is 1. The lowest BCUT2D eigenvalue weighted by molar-refractivity contribution is 0.391. The van der Waals surface area contributed by atoms with E-state index in [4.69, 9.17) is 4.74 Å². The lowest BCUT2D eigenvalue weighted by atomic mass is 10.0. The molecule has 0 bridgehead atoms. The maximum absolute atomic E-state index is 13.4. The Labute approximate surface area is 82.3 Å². The van der Waals surface area contributed by atoms with Crippen LogP contribution in [0.1, 0.15) is 18.0 Å². The van der Waals surface area contributed by atoms with Gasteiger partial charge in [0.05, 0.1) is 12.8 Å². The second-order valence-corrected chi connectivity index (χ2v) is 3.41. The van der Waals surface area contributed by atoms with Gasteiger partial charge >= 0.3 is 0 Å². The van der Waals surface area contributed by atoms with E-state index in [0.717, 1.165) is 19.5 Å². The fourth-order valence-electron chi connectivity index (χ4n) is 1.73. The van der Waals surface area contributed by atoms with E-state index < -0.39 is 0 Å². The second-order valence-electron chi connectivity index (χ2n) is 3.41. The third kappa shape index (κ3) is 1.70. The number of hydrogen-bond acceptors (Lipinski definition) is 3. The Bertz CT molecular complexity index is 324. The van der Waals surface area contributed by atoms with Crippen LogP contribution in [0.4, 0.5) is 4.39 Å². The molecule has 1 aliphatic heterocycles. The zero-order chi connectivity index (χ0) is 9.97. The Morgan fingerprint density at radius 3 is 3.07 bits per heavy atom. The number of pyridine rings is 1. The van der Waals surface area contributed by atoms with Crippen molar-refractivity contribution in [2.24, 2.45) is 0 Å². The third-order valence-corrected chi connectivity index (χ3v) is 2.50. The Morgan fingerprint density at radius 1 is 1.57 bits per heavy atom. The Kier molecular flexibility index (Phi) is 2.63. The molecule has 1 saturated heterocycles. The van der Waals surface area contributed by atoms with Crippen LogP contribution in [-0.2, 0) is 0 Å². The summed E-state index contributed by atoms with van der Waals surface area (Å²) >= 11 is 0. The zero-order valence-electron chi connectivity index (χ0n) is 8.09. The Balaban J connectivity index is 2.29. The molecule has 76 valence electrons. The molecule has 14 heavy (non-hydrogen) atoms. The molecule has 0 radical (unpaired) electrons. The van der Waals surface area contributed by atoms with Gasteiger partial charge < -0.3 is 10.1 Å². The first-order chi connectivity index (χ1) is 6.81. The highest BCUT2D eigenvalue weighted by Crippen LogP contribution is 2.24. The van der Waals surface area contributed by atoms with E-state index in [2.05, 4.69) is 10.3 Å². The minimum Gasteiger partial charge on any atom is -0.481 e. The van der Waals surface area contributed by atoms with Crippen molar-refractivity contribution in [2.45, 2.75) is 12.3 Å². The van der Waals surface area contributed by atoms with Gasteiger partial charge in [-0.1, -0.05) is 0 Å². The fraction of sp³-hybridized carbons (Fsp3) is 0.500. The topological polar surface area (TPSA) is 34.1 Å². The van der Waals surface area contributed by atoms with Crippen molar-refractivity contribution < 1.29 is 9.13 Å². The number of halogens is 1. The summed E-state index contributed by atoms with van der Waals surface area (Å²) in [4.78, 5) is 4.14. The van der Waals surface area contributed by atoms with Crippen molar-refractivity contribution in [3.05, 3.63) is 23.6 Å². The number of hydrogen-bond donors (Lipinski definition) is 1. The van der Waals surface area contributed by atoms with Gasteiger partial charge in [-0.3, -0.25) is 0 Å². The van der Waals surface area contributed by atoms with Crippen LogP contribution in [0.5, 0.6) is 5.88 Å².